The number of ether oxygens (including phenoxy) is 1. The Balaban J connectivity index is 2.89. The van der Waals surface area contributed by atoms with Gasteiger partial charge in [0.15, 0.2) is 0 Å². The molecule has 2 nitrogen and oxygen atoms in total. The van der Waals surface area contributed by atoms with Gasteiger partial charge < -0.3 is 10.1 Å². The van der Waals surface area contributed by atoms with Gasteiger partial charge in [-0.25, -0.2) is 0 Å². The van der Waals surface area contributed by atoms with E-state index in [4.69, 9.17) is 4.74 Å². The molecule has 0 saturated carbocycles. The quantitative estimate of drug-likeness (QED) is 0.803. The molecule has 0 amide bonds. The highest BCUT2D eigenvalue weighted by Gasteiger charge is 2.19. The van der Waals surface area contributed by atoms with Gasteiger partial charge in [0.1, 0.15) is 5.75 Å². The van der Waals surface area contributed by atoms with E-state index in [9.17, 15) is 0 Å². The van der Waals surface area contributed by atoms with E-state index in [1.807, 2.05) is 0 Å². The lowest BCUT2D eigenvalue weighted by molar-refractivity contribution is 0.386. The van der Waals surface area contributed by atoms with Crippen LogP contribution in [0.1, 0.15) is 44.7 Å². The van der Waals surface area contributed by atoms with Crippen LogP contribution in [0.15, 0.2) is 18.2 Å². The van der Waals surface area contributed by atoms with Crippen LogP contribution in [-0.2, 0) is 0 Å². The lowest BCUT2D eigenvalue weighted by atomic mass is 9.87. The molecule has 1 atom stereocenters. The highest BCUT2D eigenvalue weighted by atomic mass is 16.5. The maximum atomic E-state index is 5.53. The summed E-state index contributed by atoms with van der Waals surface area (Å²) in [5, 5.41) is 3.58. The van der Waals surface area contributed by atoms with Gasteiger partial charge in [-0.05, 0) is 36.9 Å². The van der Waals surface area contributed by atoms with Crippen molar-refractivity contribution in [3.8, 4) is 5.75 Å². The van der Waals surface area contributed by atoms with Crippen molar-refractivity contribution >= 4 is 0 Å². The zero-order valence-electron chi connectivity index (χ0n) is 13.3. The monoisotopic (exact) mass is 263 g/mol. The minimum atomic E-state index is 0.494. The van der Waals surface area contributed by atoms with Crippen molar-refractivity contribution in [2.45, 2.75) is 40.5 Å². The molecule has 1 unspecified atom stereocenters. The number of nitrogens with one attached hydrogen (secondary N) is 1. The first-order valence-corrected chi connectivity index (χ1v) is 7.31. The second-order valence-corrected chi connectivity index (χ2v) is 6.15. The van der Waals surface area contributed by atoms with Crippen molar-refractivity contribution in [2.75, 3.05) is 20.2 Å². The Bertz CT molecular complexity index is 385. The number of hydrogen-bond acceptors (Lipinski definition) is 2. The van der Waals surface area contributed by atoms with Gasteiger partial charge in [-0.3, -0.25) is 0 Å². The zero-order valence-corrected chi connectivity index (χ0v) is 13.3. The number of methoxy groups -OCH3 is 1. The molecular weight excluding hydrogens is 234 g/mol. The van der Waals surface area contributed by atoms with Gasteiger partial charge in [0.25, 0.3) is 0 Å². The van der Waals surface area contributed by atoms with E-state index in [-0.39, 0.29) is 0 Å². The van der Waals surface area contributed by atoms with Gasteiger partial charge >= 0.3 is 0 Å². The Morgan fingerprint density at radius 3 is 2.32 bits per heavy atom. The van der Waals surface area contributed by atoms with Gasteiger partial charge in [-0.1, -0.05) is 45.4 Å². The maximum absolute atomic E-state index is 5.53. The van der Waals surface area contributed by atoms with Crippen molar-refractivity contribution < 1.29 is 4.74 Å². The Labute approximate surface area is 118 Å². The summed E-state index contributed by atoms with van der Waals surface area (Å²) in [4.78, 5) is 0. The summed E-state index contributed by atoms with van der Waals surface area (Å²) in [6, 6.07) is 6.46. The Kier molecular flexibility index (Phi) is 6.36. The molecule has 0 fully saturated rings. The van der Waals surface area contributed by atoms with Crippen LogP contribution in [0.2, 0.25) is 0 Å². The summed E-state index contributed by atoms with van der Waals surface area (Å²) in [7, 11) is 1.76. The standard InChI is InChI=1S/C17H29NO/c1-12(2)10-18-11-16(13(3)4)15-9-14(5)7-8-17(15)19-6/h7-9,12-13,16,18H,10-11H2,1-6H3. The van der Waals surface area contributed by atoms with Crippen LogP contribution in [0, 0.1) is 18.8 Å². The fraction of sp³-hybridized carbons (Fsp3) is 0.647. The molecule has 1 rings (SSSR count). The van der Waals surface area contributed by atoms with Crippen molar-refractivity contribution in [1.82, 2.24) is 5.32 Å². The van der Waals surface area contributed by atoms with E-state index < -0.39 is 0 Å². The molecule has 0 saturated heterocycles. The zero-order chi connectivity index (χ0) is 14.4. The molecule has 0 aliphatic heterocycles. The van der Waals surface area contributed by atoms with Gasteiger partial charge in [-0.2, -0.15) is 0 Å². The first-order chi connectivity index (χ1) is 8.95. The third-order valence-electron chi connectivity index (χ3n) is 3.51. The molecule has 1 aromatic rings. The normalized spacial score (nSPS) is 13.1. The largest absolute Gasteiger partial charge is 0.496 e. The smallest absolute Gasteiger partial charge is 0.122 e. The minimum absolute atomic E-state index is 0.494. The third-order valence-corrected chi connectivity index (χ3v) is 3.51. The molecule has 108 valence electrons. The maximum Gasteiger partial charge on any atom is 0.122 e. The van der Waals surface area contributed by atoms with E-state index in [0.717, 1.165) is 18.8 Å². The number of aryl methyl sites for hydroxylation is 1. The molecule has 0 aliphatic rings. The molecule has 0 bridgehead atoms. The molecule has 0 aliphatic carbocycles. The van der Waals surface area contributed by atoms with Crippen LogP contribution in [-0.4, -0.2) is 20.2 Å². The Morgan fingerprint density at radius 1 is 1.11 bits per heavy atom. The number of rotatable bonds is 7. The molecule has 0 aromatic heterocycles. The molecule has 0 heterocycles. The van der Waals surface area contributed by atoms with Crippen LogP contribution in [0.5, 0.6) is 5.75 Å². The first-order valence-electron chi connectivity index (χ1n) is 7.31. The lowest BCUT2D eigenvalue weighted by Gasteiger charge is -2.25. The third kappa shape index (κ3) is 4.87. The summed E-state index contributed by atoms with van der Waals surface area (Å²) in [5.74, 6) is 2.78. The molecule has 0 spiro atoms. The summed E-state index contributed by atoms with van der Waals surface area (Å²) < 4.78 is 5.53. The SMILES string of the molecule is COc1ccc(C)cc1C(CNCC(C)C)C(C)C. The minimum Gasteiger partial charge on any atom is -0.496 e. The Hall–Kier alpha value is -1.02. The highest BCUT2D eigenvalue weighted by Crippen LogP contribution is 2.32. The molecule has 2 heteroatoms. The number of hydrogen-bond donors (Lipinski definition) is 1. The summed E-state index contributed by atoms with van der Waals surface area (Å²) in [5.41, 5.74) is 2.62. The van der Waals surface area contributed by atoms with Crippen LogP contribution >= 0.6 is 0 Å². The van der Waals surface area contributed by atoms with Gasteiger partial charge in [0.2, 0.25) is 0 Å². The van der Waals surface area contributed by atoms with Crippen LogP contribution in [0.4, 0.5) is 0 Å². The molecule has 0 radical (unpaired) electrons. The second-order valence-electron chi connectivity index (χ2n) is 6.15. The topological polar surface area (TPSA) is 21.3 Å². The fourth-order valence-electron chi connectivity index (χ4n) is 2.38. The Morgan fingerprint density at radius 2 is 1.79 bits per heavy atom. The fourth-order valence-corrected chi connectivity index (χ4v) is 2.38. The van der Waals surface area contributed by atoms with Crippen molar-refractivity contribution in [2.24, 2.45) is 11.8 Å². The molecule has 19 heavy (non-hydrogen) atoms. The van der Waals surface area contributed by atoms with E-state index in [1.165, 1.54) is 11.1 Å². The van der Waals surface area contributed by atoms with E-state index in [0.29, 0.717) is 17.8 Å². The van der Waals surface area contributed by atoms with Crippen LogP contribution < -0.4 is 10.1 Å². The van der Waals surface area contributed by atoms with E-state index >= 15 is 0 Å². The average molecular weight is 263 g/mol. The summed E-state index contributed by atoms with van der Waals surface area (Å²) in [6.07, 6.45) is 0. The molecular formula is C17H29NO. The first kappa shape index (κ1) is 16.0. The van der Waals surface area contributed by atoms with E-state index in [1.54, 1.807) is 7.11 Å². The van der Waals surface area contributed by atoms with Crippen LogP contribution in [0.3, 0.4) is 0 Å². The van der Waals surface area contributed by atoms with Crippen LogP contribution in [0.25, 0.3) is 0 Å². The molecule has 1 aromatic carbocycles. The van der Waals surface area contributed by atoms with Crippen molar-refractivity contribution in [1.29, 1.82) is 0 Å². The van der Waals surface area contributed by atoms with Crippen molar-refractivity contribution in [3.63, 3.8) is 0 Å². The van der Waals surface area contributed by atoms with Gasteiger partial charge in [-0.15, -0.1) is 0 Å². The average Bonchev–Trinajstić information content (AvgIpc) is 2.34. The summed E-state index contributed by atoms with van der Waals surface area (Å²) in [6.45, 7) is 13.3. The predicted molar refractivity (Wildman–Crippen MR) is 83.0 cm³/mol. The van der Waals surface area contributed by atoms with Gasteiger partial charge in [0.05, 0.1) is 7.11 Å². The molecule has 1 N–H and O–H groups in total. The summed E-state index contributed by atoms with van der Waals surface area (Å²) >= 11 is 0. The highest BCUT2D eigenvalue weighted by molar-refractivity contribution is 5.40. The predicted octanol–water partition coefficient (Wildman–Crippen LogP) is 3.99. The van der Waals surface area contributed by atoms with Crippen molar-refractivity contribution in [3.05, 3.63) is 29.3 Å². The lowest BCUT2D eigenvalue weighted by Crippen LogP contribution is -2.28. The number of benzene rings is 1. The van der Waals surface area contributed by atoms with E-state index in [2.05, 4.69) is 58.1 Å². The van der Waals surface area contributed by atoms with Gasteiger partial charge in [0, 0.05) is 12.5 Å². The second kappa shape index (κ2) is 7.54.